The summed E-state index contributed by atoms with van der Waals surface area (Å²) in [4.78, 5) is 0. The molecule has 0 saturated carbocycles. The minimum Gasteiger partial charge on any atom is -0.390 e. The molecule has 1 aliphatic heterocycles. The number of hydrogen-bond acceptors (Lipinski definition) is 2. The predicted octanol–water partition coefficient (Wildman–Crippen LogP) is 4.63. The summed E-state index contributed by atoms with van der Waals surface area (Å²) in [5.74, 6) is 0.231. The van der Waals surface area contributed by atoms with Crippen molar-refractivity contribution in [1.29, 1.82) is 0 Å². The number of rotatable bonds is 4. The fraction of sp³-hybridized carbons (Fsp3) is 0.429. The lowest BCUT2D eigenvalue weighted by atomic mass is 9.70. The molecule has 2 aromatic carbocycles. The molecule has 23 heavy (non-hydrogen) atoms. The van der Waals surface area contributed by atoms with E-state index < -0.39 is 5.60 Å². The van der Waals surface area contributed by atoms with Gasteiger partial charge in [0, 0.05) is 18.0 Å². The van der Waals surface area contributed by atoms with E-state index in [9.17, 15) is 5.11 Å². The summed E-state index contributed by atoms with van der Waals surface area (Å²) in [6.45, 7) is 4.21. The van der Waals surface area contributed by atoms with Gasteiger partial charge >= 0.3 is 0 Å². The Morgan fingerprint density at radius 2 is 1.57 bits per heavy atom. The Morgan fingerprint density at radius 3 is 2.13 bits per heavy atom. The van der Waals surface area contributed by atoms with Crippen LogP contribution in [-0.4, -0.2) is 10.7 Å². The van der Waals surface area contributed by atoms with Gasteiger partial charge in [-0.1, -0.05) is 74.0 Å². The van der Waals surface area contributed by atoms with Crippen molar-refractivity contribution in [3.8, 4) is 0 Å². The molecular weight excluding hydrogens is 282 g/mol. The van der Waals surface area contributed by atoms with Gasteiger partial charge in [-0.2, -0.15) is 0 Å². The second-order valence-corrected chi connectivity index (χ2v) is 6.97. The molecule has 2 aromatic rings. The first-order chi connectivity index (χ1) is 11.1. The van der Waals surface area contributed by atoms with E-state index in [1.807, 2.05) is 19.1 Å². The molecule has 1 fully saturated rings. The standard InChI is InChI=1S/C21H27NO/c1-3-10-18-20(17-13-8-5-9-14-17)22-19(15-21(18,2)23)16-11-6-4-7-12-16/h4-9,11-14,18-20,22-23H,3,10,15H2,1-2H3/t18-,19+,20+,21-/m1/s1. The van der Waals surface area contributed by atoms with Crippen LogP contribution in [-0.2, 0) is 0 Å². The predicted molar refractivity (Wildman–Crippen MR) is 95.1 cm³/mol. The summed E-state index contributed by atoms with van der Waals surface area (Å²) in [5.41, 5.74) is 1.86. The summed E-state index contributed by atoms with van der Waals surface area (Å²) >= 11 is 0. The zero-order valence-corrected chi connectivity index (χ0v) is 14.1. The van der Waals surface area contributed by atoms with Gasteiger partial charge in [-0.05, 0) is 30.9 Å². The average Bonchev–Trinajstić information content (AvgIpc) is 2.58. The fourth-order valence-electron chi connectivity index (χ4n) is 3.99. The van der Waals surface area contributed by atoms with Crippen LogP contribution in [0.4, 0.5) is 0 Å². The molecule has 1 heterocycles. The first-order valence-electron chi connectivity index (χ1n) is 8.70. The maximum absolute atomic E-state index is 11.2. The third kappa shape index (κ3) is 3.49. The summed E-state index contributed by atoms with van der Waals surface area (Å²) in [5, 5.41) is 15.0. The van der Waals surface area contributed by atoms with E-state index in [0.29, 0.717) is 0 Å². The Morgan fingerprint density at radius 1 is 1.00 bits per heavy atom. The molecule has 1 saturated heterocycles. The number of piperidine rings is 1. The minimum atomic E-state index is -0.664. The van der Waals surface area contributed by atoms with Crippen molar-refractivity contribution in [3.63, 3.8) is 0 Å². The van der Waals surface area contributed by atoms with Crippen molar-refractivity contribution in [3.05, 3.63) is 71.8 Å². The highest BCUT2D eigenvalue weighted by Gasteiger charge is 2.44. The molecule has 0 aromatic heterocycles. The zero-order valence-electron chi connectivity index (χ0n) is 14.1. The van der Waals surface area contributed by atoms with Crippen molar-refractivity contribution in [1.82, 2.24) is 5.32 Å². The molecule has 4 atom stereocenters. The number of hydrogen-bond donors (Lipinski definition) is 2. The smallest absolute Gasteiger partial charge is 0.0684 e. The molecule has 122 valence electrons. The molecule has 2 N–H and O–H groups in total. The normalized spacial score (nSPS) is 31.0. The maximum Gasteiger partial charge on any atom is 0.0684 e. The van der Waals surface area contributed by atoms with E-state index in [4.69, 9.17) is 0 Å². The molecule has 1 aliphatic rings. The molecule has 0 aliphatic carbocycles. The summed E-state index contributed by atoms with van der Waals surface area (Å²) < 4.78 is 0. The lowest BCUT2D eigenvalue weighted by Crippen LogP contribution is -2.51. The maximum atomic E-state index is 11.2. The van der Waals surface area contributed by atoms with Gasteiger partial charge in [0.25, 0.3) is 0 Å². The average molecular weight is 309 g/mol. The van der Waals surface area contributed by atoms with Crippen LogP contribution in [0.15, 0.2) is 60.7 Å². The summed E-state index contributed by atoms with van der Waals surface area (Å²) in [6, 6.07) is 21.4. The van der Waals surface area contributed by atoms with Gasteiger partial charge in [0.1, 0.15) is 0 Å². The monoisotopic (exact) mass is 309 g/mol. The van der Waals surface area contributed by atoms with E-state index in [1.165, 1.54) is 11.1 Å². The molecule has 0 bridgehead atoms. The summed E-state index contributed by atoms with van der Waals surface area (Å²) in [6.07, 6.45) is 2.87. The van der Waals surface area contributed by atoms with Crippen LogP contribution < -0.4 is 5.32 Å². The van der Waals surface area contributed by atoms with Gasteiger partial charge in [0.15, 0.2) is 0 Å². The molecular formula is C21H27NO. The van der Waals surface area contributed by atoms with Crippen LogP contribution in [0.1, 0.15) is 56.3 Å². The largest absolute Gasteiger partial charge is 0.390 e. The van der Waals surface area contributed by atoms with Gasteiger partial charge in [-0.25, -0.2) is 0 Å². The van der Waals surface area contributed by atoms with Gasteiger partial charge in [-0.3, -0.25) is 0 Å². The van der Waals surface area contributed by atoms with E-state index >= 15 is 0 Å². The Balaban J connectivity index is 1.95. The first-order valence-corrected chi connectivity index (χ1v) is 8.70. The van der Waals surface area contributed by atoms with Crippen molar-refractivity contribution in [2.45, 2.75) is 50.8 Å². The van der Waals surface area contributed by atoms with Crippen LogP contribution in [0, 0.1) is 5.92 Å². The van der Waals surface area contributed by atoms with Crippen LogP contribution in [0.5, 0.6) is 0 Å². The van der Waals surface area contributed by atoms with Gasteiger partial charge in [0.05, 0.1) is 5.60 Å². The van der Waals surface area contributed by atoms with Gasteiger partial charge < -0.3 is 10.4 Å². The van der Waals surface area contributed by atoms with E-state index in [0.717, 1.165) is 19.3 Å². The highest BCUT2D eigenvalue weighted by molar-refractivity contribution is 5.26. The van der Waals surface area contributed by atoms with Crippen LogP contribution in [0.25, 0.3) is 0 Å². The van der Waals surface area contributed by atoms with Crippen molar-refractivity contribution < 1.29 is 5.11 Å². The number of nitrogens with one attached hydrogen (secondary N) is 1. The highest BCUT2D eigenvalue weighted by atomic mass is 16.3. The molecule has 2 nitrogen and oxygen atoms in total. The first kappa shape index (κ1) is 16.2. The lowest BCUT2D eigenvalue weighted by molar-refractivity contribution is -0.0636. The minimum absolute atomic E-state index is 0.185. The van der Waals surface area contributed by atoms with E-state index in [-0.39, 0.29) is 18.0 Å². The zero-order chi connectivity index (χ0) is 16.3. The summed E-state index contributed by atoms with van der Waals surface area (Å²) in [7, 11) is 0. The van der Waals surface area contributed by atoms with Crippen molar-refractivity contribution in [2.24, 2.45) is 5.92 Å². The topological polar surface area (TPSA) is 32.3 Å². The third-order valence-corrected chi connectivity index (χ3v) is 5.16. The van der Waals surface area contributed by atoms with Crippen molar-refractivity contribution in [2.75, 3.05) is 0 Å². The number of benzene rings is 2. The molecule has 0 spiro atoms. The van der Waals surface area contributed by atoms with Crippen LogP contribution in [0.2, 0.25) is 0 Å². The number of aliphatic hydroxyl groups is 1. The van der Waals surface area contributed by atoms with Crippen molar-refractivity contribution >= 4 is 0 Å². The van der Waals surface area contributed by atoms with Gasteiger partial charge in [-0.15, -0.1) is 0 Å². The molecule has 3 rings (SSSR count). The fourth-order valence-corrected chi connectivity index (χ4v) is 3.99. The van der Waals surface area contributed by atoms with Crippen LogP contribution >= 0.6 is 0 Å². The molecule has 2 heteroatoms. The third-order valence-electron chi connectivity index (χ3n) is 5.16. The van der Waals surface area contributed by atoms with Gasteiger partial charge in [0.2, 0.25) is 0 Å². The van der Waals surface area contributed by atoms with Crippen LogP contribution in [0.3, 0.4) is 0 Å². The Kier molecular flexibility index (Phi) is 4.84. The quantitative estimate of drug-likeness (QED) is 0.863. The van der Waals surface area contributed by atoms with E-state index in [2.05, 4.69) is 60.8 Å². The second-order valence-electron chi connectivity index (χ2n) is 6.97. The Labute approximate surface area is 139 Å². The Hall–Kier alpha value is -1.64. The Bertz CT molecular complexity index is 608. The molecule has 0 unspecified atom stereocenters. The lowest BCUT2D eigenvalue weighted by Gasteiger charge is -2.47. The molecule has 0 amide bonds. The SMILES string of the molecule is CCC[C@@H]1[C@H](c2ccccc2)N[C@H](c2ccccc2)C[C@@]1(C)O. The van der Waals surface area contributed by atoms with E-state index in [1.54, 1.807) is 0 Å². The highest BCUT2D eigenvalue weighted by Crippen LogP contribution is 2.44. The second kappa shape index (κ2) is 6.86. The molecule has 0 radical (unpaired) electrons.